The molecular formula is C16H18ClNO2S. The van der Waals surface area contributed by atoms with Gasteiger partial charge in [0.25, 0.3) is 5.91 Å². The Morgan fingerprint density at radius 2 is 2.38 bits per heavy atom. The number of carbonyl (C=O) groups excluding carboxylic acids is 1. The molecule has 1 aromatic heterocycles. The Morgan fingerprint density at radius 3 is 3.10 bits per heavy atom. The number of ether oxygens (including phenoxy) is 1. The van der Waals surface area contributed by atoms with Gasteiger partial charge >= 0.3 is 0 Å². The zero-order valence-corrected chi connectivity index (χ0v) is 13.5. The molecule has 0 aliphatic carbocycles. The van der Waals surface area contributed by atoms with Crippen molar-refractivity contribution in [3.05, 3.63) is 33.7 Å². The van der Waals surface area contributed by atoms with Crippen LogP contribution in [0.5, 0.6) is 0 Å². The van der Waals surface area contributed by atoms with Gasteiger partial charge in [-0.1, -0.05) is 30.7 Å². The number of rotatable bonds is 4. The minimum atomic E-state index is -0.102. The molecule has 1 aromatic carbocycles. The first-order valence-corrected chi connectivity index (χ1v) is 8.49. The van der Waals surface area contributed by atoms with Gasteiger partial charge in [-0.3, -0.25) is 4.79 Å². The number of halogens is 1. The first kappa shape index (κ1) is 14.8. The van der Waals surface area contributed by atoms with E-state index in [2.05, 4.69) is 24.4 Å². The van der Waals surface area contributed by atoms with Crippen molar-refractivity contribution in [3.8, 4) is 0 Å². The second-order valence-corrected chi connectivity index (χ2v) is 6.70. The zero-order valence-electron chi connectivity index (χ0n) is 11.9. The predicted octanol–water partition coefficient (Wildman–Crippen LogP) is 4.03. The van der Waals surface area contributed by atoms with Crippen LogP contribution in [-0.2, 0) is 11.2 Å². The summed E-state index contributed by atoms with van der Waals surface area (Å²) in [5, 5.41) is 4.45. The molecule has 2 aromatic rings. The van der Waals surface area contributed by atoms with Crippen LogP contribution in [-0.4, -0.2) is 25.2 Å². The van der Waals surface area contributed by atoms with E-state index in [-0.39, 0.29) is 12.0 Å². The van der Waals surface area contributed by atoms with Crippen molar-refractivity contribution in [2.24, 2.45) is 0 Å². The maximum Gasteiger partial charge on any atom is 0.263 e. The van der Waals surface area contributed by atoms with E-state index < -0.39 is 0 Å². The summed E-state index contributed by atoms with van der Waals surface area (Å²) >= 11 is 7.82. The Balaban J connectivity index is 1.78. The van der Waals surface area contributed by atoms with Gasteiger partial charge in [0.2, 0.25) is 0 Å². The summed E-state index contributed by atoms with van der Waals surface area (Å²) in [7, 11) is 0. The third kappa shape index (κ3) is 3.07. The predicted molar refractivity (Wildman–Crippen MR) is 87.5 cm³/mol. The van der Waals surface area contributed by atoms with E-state index in [9.17, 15) is 4.79 Å². The second kappa shape index (κ2) is 6.34. The minimum Gasteiger partial charge on any atom is -0.376 e. The van der Waals surface area contributed by atoms with E-state index in [1.54, 1.807) is 0 Å². The Kier molecular flexibility index (Phi) is 4.48. The summed E-state index contributed by atoms with van der Waals surface area (Å²) in [6, 6.07) is 6.18. The molecule has 1 atom stereocenters. The molecule has 0 spiro atoms. The van der Waals surface area contributed by atoms with Crippen LogP contribution in [0, 0.1) is 0 Å². The van der Waals surface area contributed by atoms with Crippen LogP contribution in [0.4, 0.5) is 0 Å². The molecule has 0 radical (unpaired) electrons. The molecule has 0 saturated carbocycles. The van der Waals surface area contributed by atoms with Crippen molar-refractivity contribution in [2.45, 2.75) is 32.3 Å². The molecule has 3 rings (SSSR count). The molecule has 3 nitrogen and oxygen atoms in total. The number of nitrogens with one attached hydrogen (secondary N) is 1. The molecule has 5 heteroatoms. The molecule has 1 aliphatic heterocycles. The van der Waals surface area contributed by atoms with E-state index in [0.29, 0.717) is 16.4 Å². The van der Waals surface area contributed by atoms with E-state index >= 15 is 0 Å². The van der Waals surface area contributed by atoms with E-state index in [4.69, 9.17) is 16.3 Å². The van der Waals surface area contributed by atoms with E-state index in [0.717, 1.165) is 36.0 Å². The lowest BCUT2D eigenvalue weighted by molar-refractivity contribution is 0.0861. The highest BCUT2D eigenvalue weighted by atomic mass is 35.5. The highest BCUT2D eigenvalue weighted by molar-refractivity contribution is 7.21. The fourth-order valence-corrected chi connectivity index (χ4v) is 4.06. The summed E-state index contributed by atoms with van der Waals surface area (Å²) in [5.74, 6) is -0.102. The second-order valence-electron chi connectivity index (χ2n) is 5.27. The van der Waals surface area contributed by atoms with Crippen LogP contribution in [0.3, 0.4) is 0 Å². The molecule has 0 bridgehead atoms. The number of thiophene rings is 1. The first-order valence-electron chi connectivity index (χ1n) is 7.29. The van der Waals surface area contributed by atoms with Crippen molar-refractivity contribution in [2.75, 3.05) is 13.2 Å². The quantitative estimate of drug-likeness (QED) is 0.922. The van der Waals surface area contributed by atoms with Crippen LogP contribution >= 0.6 is 22.9 Å². The monoisotopic (exact) mass is 323 g/mol. The number of hydrogen-bond donors (Lipinski definition) is 1. The Morgan fingerprint density at radius 1 is 1.52 bits per heavy atom. The molecule has 1 N–H and O–H groups in total. The molecule has 1 fully saturated rings. The fourth-order valence-electron chi connectivity index (χ4n) is 2.57. The number of hydrogen-bond acceptors (Lipinski definition) is 3. The SMILES string of the molecule is CCc1ccc2c(Cl)c(C(=O)NC[C@H]3CCCO3)sc2c1. The lowest BCUT2D eigenvalue weighted by atomic mass is 10.1. The van der Waals surface area contributed by atoms with Gasteiger partial charge in [-0.25, -0.2) is 0 Å². The van der Waals surface area contributed by atoms with Crippen LogP contribution < -0.4 is 5.32 Å². The highest BCUT2D eigenvalue weighted by Crippen LogP contribution is 2.35. The summed E-state index contributed by atoms with van der Waals surface area (Å²) in [6.07, 6.45) is 3.21. The van der Waals surface area contributed by atoms with Crippen molar-refractivity contribution in [1.82, 2.24) is 5.32 Å². The van der Waals surface area contributed by atoms with Crippen molar-refractivity contribution in [1.29, 1.82) is 0 Å². The van der Waals surface area contributed by atoms with Crippen LogP contribution in [0.15, 0.2) is 18.2 Å². The Hall–Kier alpha value is -1.10. The highest BCUT2D eigenvalue weighted by Gasteiger charge is 2.20. The summed E-state index contributed by atoms with van der Waals surface area (Å²) < 4.78 is 6.59. The molecule has 112 valence electrons. The van der Waals surface area contributed by atoms with Crippen LogP contribution in [0.2, 0.25) is 5.02 Å². The average Bonchev–Trinajstić information content (AvgIpc) is 3.12. The standard InChI is InChI=1S/C16H18ClNO2S/c1-2-10-5-6-12-13(8-10)21-15(14(12)17)16(19)18-9-11-4-3-7-20-11/h5-6,8,11H,2-4,7,9H2,1H3,(H,18,19)/t11-/m1/s1. The molecule has 0 unspecified atom stereocenters. The molecular weight excluding hydrogens is 306 g/mol. The molecule has 2 heterocycles. The van der Waals surface area contributed by atoms with Crippen LogP contribution in [0.1, 0.15) is 35.0 Å². The average molecular weight is 324 g/mol. The number of benzene rings is 1. The molecule has 1 aliphatic rings. The maximum atomic E-state index is 12.3. The van der Waals surface area contributed by atoms with Gasteiger partial charge < -0.3 is 10.1 Å². The number of fused-ring (bicyclic) bond motifs is 1. The molecule has 21 heavy (non-hydrogen) atoms. The topological polar surface area (TPSA) is 38.3 Å². The summed E-state index contributed by atoms with van der Waals surface area (Å²) in [5.41, 5.74) is 1.26. The minimum absolute atomic E-state index is 0.102. The summed E-state index contributed by atoms with van der Waals surface area (Å²) in [6.45, 7) is 3.47. The summed E-state index contributed by atoms with van der Waals surface area (Å²) in [4.78, 5) is 12.9. The zero-order chi connectivity index (χ0) is 14.8. The fraction of sp³-hybridized carbons (Fsp3) is 0.438. The van der Waals surface area contributed by atoms with Crippen LogP contribution in [0.25, 0.3) is 10.1 Å². The van der Waals surface area contributed by atoms with E-state index in [1.807, 2.05) is 6.07 Å². The molecule has 1 amide bonds. The largest absolute Gasteiger partial charge is 0.376 e. The smallest absolute Gasteiger partial charge is 0.263 e. The Labute approximate surface area is 133 Å². The number of amides is 1. The lowest BCUT2D eigenvalue weighted by Crippen LogP contribution is -2.31. The van der Waals surface area contributed by atoms with E-state index in [1.165, 1.54) is 16.9 Å². The van der Waals surface area contributed by atoms with Gasteiger partial charge in [0.05, 0.1) is 11.1 Å². The normalized spacial score (nSPS) is 18.3. The van der Waals surface area contributed by atoms with Gasteiger partial charge in [0.15, 0.2) is 0 Å². The van der Waals surface area contributed by atoms with Crippen molar-refractivity contribution >= 4 is 38.9 Å². The van der Waals surface area contributed by atoms with Crippen molar-refractivity contribution in [3.63, 3.8) is 0 Å². The third-order valence-electron chi connectivity index (χ3n) is 3.82. The molecule has 1 saturated heterocycles. The van der Waals surface area contributed by atoms with Gasteiger partial charge in [-0.05, 0) is 30.9 Å². The van der Waals surface area contributed by atoms with Gasteiger partial charge in [-0.15, -0.1) is 11.3 Å². The van der Waals surface area contributed by atoms with Crippen molar-refractivity contribution < 1.29 is 9.53 Å². The number of carbonyl (C=O) groups is 1. The Bertz CT molecular complexity index is 662. The lowest BCUT2D eigenvalue weighted by Gasteiger charge is -2.09. The first-order chi connectivity index (χ1) is 10.2. The van der Waals surface area contributed by atoms with Gasteiger partial charge in [0.1, 0.15) is 4.88 Å². The third-order valence-corrected chi connectivity index (χ3v) is 5.48. The maximum absolute atomic E-state index is 12.3. The van der Waals surface area contributed by atoms with Gasteiger partial charge in [-0.2, -0.15) is 0 Å². The van der Waals surface area contributed by atoms with Gasteiger partial charge in [0, 0.05) is 23.2 Å². The number of aryl methyl sites for hydroxylation is 1.